The van der Waals surface area contributed by atoms with Crippen molar-refractivity contribution >= 4 is 11.6 Å². The number of rotatable bonds is 4. The minimum Gasteiger partial charge on any atom is -0.507 e. The van der Waals surface area contributed by atoms with Crippen LogP contribution in [0.25, 0.3) is 0 Å². The van der Waals surface area contributed by atoms with Gasteiger partial charge in [0.15, 0.2) is 0 Å². The standard InChI is InChI=1S/C21H27ClN2O2/c1-4-24-15(3)13-18(25)19(21(24)26)20(16-7-5-6-8-17(16)22)23-11-9-14(2)10-12-23/h5-8,13-14,20,25H,4,9-12H2,1-3H3. The number of hydrogen-bond donors (Lipinski definition) is 1. The molecule has 0 bridgehead atoms. The van der Waals surface area contributed by atoms with Gasteiger partial charge < -0.3 is 9.67 Å². The summed E-state index contributed by atoms with van der Waals surface area (Å²) < 4.78 is 1.71. The first-order valence-corrected chi connectivity index (χ1v) is 9.73. The van der Waals surface area contributed by atoms with Gasteiger partial charge in [0.05, 0.1) is 11.6 Å². The lowest BCUT2D eigenvalue weighted by molar-refractivity contribution is 0.155. The molecule has 1 aromatic heterocycles. The molecule has 0 spiro atoms. The lowest BCUT2D eigenvalue weighted by atomic mass is 9.92. The molecule has 1 N–H and O–H groups in total. The molecule has 140 valence electrons. The van der Waals surface area contributed by atoms with E-state index in [0.717, 1.165) is 37.2 Å². The molecule has 0 saturated carbocycles. The van der Waals surface area contributed by atoms with Crippen molar-refractivity contribution in [2.45, 2.75) is 46.2 Å². The maximum Gasteiger partial charge on any atom is 0.259 e. The molecule has 5 heteroatoms. The van der Waals surface area contributed by atoms with E-state index in [1.807, 2.05) is 38.1 Å². The fourth-order valence-electron chi connectivity index (χ4n) is 3.94. The number of aromatic hydroxyl groups is 1. The SMILES string of the molecule is CCn1c(C)cc(O)c(C(c2ccccc2Cl)N2CCC(C)CC2)c1=O. The molecular formula is C21H27ClN2O2. The van der Waals surface area contributed by atoms with Gasteiger partial charge in [-0.2, -0.15) is 0 Å². The highest BCUT2D eigenvalue weighted by Gasteiger charge is 2.32. The molecule has 1 unspecified atom stereocenters. The third-order valence-electron chi connectivity index (χ3n) is 5.50. The Bertz CT molecular complexity index is 838. The number of aromatic nitrogens is 1. The Kier molecular flexibility index (Phi) is 5.73. The summed E-state index contributed by atoms with van der Waals surface area (Å²) >= 11 is 6.51. The van der Waals surface area contributed by atoms with E-state index in [9.17, 15) is 9.90 Å². The highest BCUT2D eigenvalue weighted by atomic mass is 35.5. The Labute approximate surface area is 160 Å². The van der Waals surface area contributed by atoms with Crippen LogP contribution in [0, 0.1) is 12.8 Å². The number of hydrogen-bond acceptors (Lipinski definition) is 3. The average molecular weight is 375 g/mol. The van der Waals surface area contributed by atoms with Gasteiger partial charge in [-0.25, -0.2) is 0 Å². The number of piperidine rings is 1. The number of nitrogens with zero attached hydrogens (tertiary/aromatic N) is 2. The molecule has 1 aliphatic heterocycles. The molecule has 1 fully saturated rings. The Morgan fingerprint density at radius 2 is 1.92 bits per heavy atom. The summed E-state index contributed by atoms with van der Waals surface area (Å²) in [5.41, 5.74) is 1.94. The first kappa shape index (κ1) is 19.0. The van der Waals surface area contributed by atoms with Gasteiger partial charge in [-0.3, -0.25) is 9.69 Å². The lowest BCUT2D eigenvalue weighted by Gasteiger charge is -2.37. The molecule has 1 aliphatic rings. The van der Waals surface area contributed by atoms with Crippen molar-refractivity contribution in [3.63, 3.8) is 0 Å². The van der Waals surface area contributed by atoms with Gasteiger partial charge in [0, 0.05) is 17.3 Å². The molecule has 1 atom stereocenters. The predicted octanol–water partition coefficient (Wildman–Crippen LogP) is 4.36. The van der Waals surface area contributed by atoms with Gasteiger partial charge in [-0.05, 0) is 63.4 Å². The van der Waals surface area contributed by atoms with Crippen molar-refractivity contribution in [3.8, 4) is 5.75 Å². The Balaban J connectivity index is 2.19. The van der Waals surface area contributed by atoms with Gasteiger partial charge in [0.25, 0.3) is 5.56 Å². The normalized spacial score (nSPS) is 17.4. The quantitative estimate of drug-likeness (QED) is 0.864. The summed E-state index contributed by atoms with van der Waals surface area (Å²) in [4.78, 5) is 15.5. The van der Waals surface area contributed by atoms with E-state index in [1.54, 1.807) is 10.6 Å². The molecule has 1 saturated heterocycles. The van der Waals surface area contributed by atoms with Crippen LogP contribution >= 0.6 is 11.6 Å². The maximum absolute atomic E-state index is 13.2. The fourth-order valence-corrected chi connectivity index (χ4v) is 4.18. The minimum absolute atomic E-state index is 0.0562. The van der Waals surface area contributed by atoms with E-state index in [4.69, 9.17) is 11.6 Å². The smallest absolute Gasteiger partial charge is 0.259 e. The summed E-state index contributed by atoms with van der Waals surface area (Å²) in [6, 6.07) is 8.99. The van der Waals surface area contributed by atoms with E-state index in [2.05, 4.69) is 11.8 Å². The maximum atomic E-state index is 13.2. The second-order valence-electron chi connectivity index (χ2n) is 7.28. The van der Waals surface area contributed by atoms with E-state index in [0.29, 0.717) is 23.0 Å². The zero-order valence-electron chi connectivity index (χ0n) is 15.7. The van der Waals surface area contributed by atoms with Crippen LogP contribution in [-0.2, 0) is 6.54 Å². The number of aryl methyl sites for hydroxylation is 1. The number of pyridine rings is 1. The highest BCUT2D eigenvalue weighted by molar-refractivity contribution is 6.31. The molecule has 4 nitrogen and oxygen atoms in total. The van der Waals surface area contributed by atoms with E-state index >= 15 is 0 Å². The van der Waals surface area contributed by atoms with Crippen molar-refractivity contribution < 1.29 is 5.11 Å². The van der Waals surface area contributed by atoms with Crippen molar-refractivity contribution in [1.29, 1.82) is 0 Å². The Morgan fingerprint density at radius 3 is 2.54 bits per heavy atom. The van der Waals surface area contributed by atoms with Gasteiger partial charge in [-0.15, -0.1) is 0 Å². The molecule has 0 amide bonds. The third kappa shape index (κ3) is 3.53. The van der Waals surface area contributed by atoms with E-state index < -0.39 is 0 Å². The van der Waals surface area contributed by atoms with Crippen LogP contribution in [0.2, 0.25) is 5.02 Å². The molecule has 1 aromatic carbocycles. The van der Waals surface area contributed by atoms with Crippen molar-refractivity contribution in [2.75, 3.05) is 13.1 Å². The first-order valence-electron chi connectivity index (χ1n) is 9.35. The second-order valence-corrected chi connectivity index (χ2v) is 7.68. The summed E-state index contributed by atoms with van der Waals surface area (Å²) in [5, 5.41) is 11.3. The lowest BCUT2D eigenvalue weighted by Crippen LogP contribution is -2.40. The summed E-state index contributed by atoms with van der Waals surface area (Å²) in [5.74, 6) is 0.734. The van der Waals surface area contributed by atoms with E-state index in [1.165, 1.54) is 0 Å². The van der Waals surface area contributed by atoms with Gasteiger partial charge in [0.1, 0.15) is 5.75 Å². The highest BCUT2D eigenvalue weighted by Crippen LogP contribution is 2.37. The van der Waals surface area contributed by atoms with Crippen LogP contribution in [0.15, 0.2) is 35.1 Å². The van der Waals surface area contributed by atoms with Crippen LogP contribution in [0.5, 0.6) is 5.75 Å². The van der Waals surface area contributed by atoms with Crippen LogP contribution in [0.1, 0.15) is 49.6 Å². The van der Waals surface area contributed by atoms with Crippen LogP contribution in [0.3, 0.4) is 0 Å². The van der Waals surface area contributed by atoms with Crippen molar-refractivity contribution in [1.82, 2.24) is 9.47 Å². The fraction of sp³-hybridized carbons (Fsp3) is 0.476. The first-order chi connectivity index (χ1) is 12.4. The Morgan fingerprint density at radius 1 is 1.27 bits per heavy atom. The largest absolute Gasteiger partial charge is 0.507 e. The predicted molar refractivity (Wildman–Crippen MR) is 106 cm³/mol. The molecule has 2 aromatic rings. The van der Waals surface area contributed by atoms with Crippen molar-refractivity contribution in [2.24, 2.45) is 5.92 Å². The average Bonchev–Trinajstić information content (AvgIpc) is 2.61. The third-order valence-corrected chi connectivity index (χ3v) is 5.84. The van der Waals surface area contributed by atoms with Crippen LogP contribution in [0.4, 0.5) is 0 Å². The van der Waals surface area contributed by atoms with Crippen LogP contribution < -0.4 is 5.56 Å². The minimum atomic E-state index is -0.331. The van der Waals surface area contributed by atoms with Crippen molar-refractivity contribution in [3.05, 3.63) is 62.5 Å². The summed E-state index contributed by atoms with van der Waals surface area (Å²) in [6.45, 7) is 8.40. The molecule has 3 rings (SSSR count). The van der Waals surface area contributed by atoms with Gasteiger partial charge in [0.2, 0.25) is 0 Å². The van der Waals surface area contributed by atoms with E-state index in [-0.39, 0.29) is 17.4 Å². The van der Waals surface area contributed by atoms with Gasteiger partial charge >= 0.3 is 0 Å². The topological polar surface area (TPSA) is 45.5 Å². The molecule has 26 heavy (non-hydrogen) atoms. The second kappa shape index (κ2) is 7.85. The number of likely N-dealkylation sites (tertiary alicyclic amines) is 1. The molecular weight excluding hydrogens is 348 g/mol. The number of benzene rings is 1. The zero-order valence-corrected chi connectivity index (χ0v) is 16.5. The summed E-state index contributed by atoms with van der Waals surface area (Å²) in [7, 11) is 0. The molecule has 2 heterocycles. The monoisotopic (exact) mass is 374 g/mol. The molecule has 0 aliphatic carbocycles. The summed E-state index contributed by atoms with van der Waals surface area (Å²) in [6.07, 6.45) is 2.16. The van der Waals surface area contributed by atoms with Crippen LogP contribution in [-0.4, -0.2) is 27.7 Å². The molecule has 0 radical (unpaired) electrons. The zero-order chi connectivity index (χ0) is 18.8. The number of halogens is 1. The Hall–Kier alpha value is -1.78. The van der Waals surface area contributed by atoms with Gasteiger partial charge in [-0.1, -0.05) is 36.7 Å².